The number of nitrogens with zero attached hydrogens (tertiary/aromatic N) is 1. The first-order valence-electron chi connectivity index (χ1n) is 8.90. The minimum absolute atomic E-state index is 0.231. The highest BCUT2D eigenvalue weighted by Crippen LogP contribution is 2.25. The number of ether oxygens (including phenoxy) is 1. The summed E-state index contributed by atoms with van der Waals surface area (Å²) in [5, 5.41) is 0. The molecule has 0 N–H and O–H groups in total. The van der Waals surface area contributed by atoms with Crippen LogP contribution in [0.25, 0.3) is 0 Å². The van der Waals surface area contributed by atoms with Crippen LogP contribution in [0.5, 0.6) is 5.75 Å². The van der Waals surface area contributed by atoms with Gasteiger partial charge >= 0.3 is 0 Å². The standard InChI is InChI=1S/C20H31NO2/c1-6-7-23-20-10-16(4)18(9-17(20)5)19(22)13-21-11-14(2)8-15(3)12-21/h9-10,14-15H,6-8,11-13H2,1-5H3. The molecule has 0 aliphatic carbocycles. The largest absolute Gasteiger partial charge is 0.493 e. The van der Waals surface area contributed by atoms with E-state index >= 15 is 0 Å². The SMILES string of the molecule is CCCOc1cc(C)c(C(=O)CN2CC(C)CC(C)C2)cc1C. The summed E-state index contributed by atoms with van der Waals surface area (Å²) in [5.74, 6) is 2.49. The number of hydrogen-bond donors (Lipinski definition) is 0. The third kappa shape index (κ3) is 4.81. The summed E-state index contributed by atoms with van der Waals surface area (Å²) in [5.41, 5.74) is 2.91. The zero-order valence-electron chi connectivity index (χ0n) is 15.3. The molecule has 0 saturated carbocycles. The van der Waals surface area contributed by atoms with Crippen molar-refractivity contribution in [3.8, 4) is 5.75 Å². The van der Waals surface area contributed by atoms with Gasteiger partial charge in [0, 0.05) is 18.7 Å². The number of carbonyl (C=O) groups is 1. The maximum Gasteiger partial charge on any atom is 0.177 e. The molecule has 1 aliphatic rings. The average molecular weight is 317 g/mol. The van der Waals surface area contributed by atoms with Crippen LogP contribution in [0.1, 0.15) is 55.1 Å². The smallest absolute Gasteiger partial charge is 0.177 e. The second kappa shape index (κ2) is 7.96. The molecule has 2 atom stereocenters. The van der Waals surface area contributed by atoms with E-state index in [1.54, 1.807) is 0 Å². The van der Waals surface area contributed by atoms with Crippen molar-refractivity contribution in [3.63, 3.8) is 0 Å². The topological polar surface area (TPSA) is 29.5 Å². The van der Waals surface area contributed by atoms with Crippen molar-refractivity contribution in [2.75, 3.05) is 26.2 Å². The van der Waals surface area contributed by atoms with Gasteiger partial charge in [0.25, 0.3) is 0 Å². The fraction of sp³-hybridized carbons (Fsp3) is 0.650. The Morgan fingerprint density at radius 2 is 1.83 bits per heavy atom. The fourth-order valence-electron chi connectivity index (χ4n) is 3.67. The number of carbonyl (C=O) groups excluding carboxylic acids is 1. The predicted octanol–water partition coefficient (Wildman–Crippen LogP) is 4.25. The van der Waals surface area contributed by atoms with E-state index in [2.05, 4.69) is 25.7 Å². The number of ketones is 1. The van der Waals surface area contributed by atoms with Crippen LogP contribution in [0, 0.1) is 25.7 Å². The van der Waals surface area contributed by atoms with Gasteiger partial charge in [0.1, 0.15) is 5.75 Å². The van der Waals surface area contributed by atoms with Crippen LogP contribution >= 0.6 is 0 Å². The van der Waals surface area contributed by atoms with Gasteiger partial charge < -0.3 is 4.74 Å². The third-order valence-electron chi connectivity index (χ3n) is 4.60. The summed E-state index contributed by atoms with van der Waals surface area (Å²) in [4.78, 5) is 15.1. The summed E-state index contributed by atoms with van der Waals surface area (Å²) < 4.78 is 5.76. The van der Waals surface area contributed by atoms with Gasteiger partial charge in [0.05, 0.1) is 13.2 Å². The first-order valence-corrected chi connectivity index (χ1v) is 8.90. The van der Waals surface area contributed by atoms with E-state index in [0.717, 1.165) is 48.6 Å². The van der Waals surface area contributed by atoms with Gasteiger partial charge in [-0.3, -0.25) is 9.69 Å². The van der Waals surface area contributed by atoms with Crippen LogP contribution in [-0.4, -0.2) is 36.9 Å². The molecule has 23 heavy (non-hydrogen) atoms. The summed E-state index contributed by atoms with van der Waals surface area (Å²) in [6.45, 7) is 14.0. The van der Waals surface area contributed by atoms with Crippen LogP contribution in [-0.2, 0) is 0 Å². The molecule has 3 heteroatoms. The Morgan fingerprint density at radius 1 is 1.17 bits per heavy atom. The number of piperidine rings is 1. The van der Waals surface area contributed by atoms with E-state index in [0.29, 0.717) is 18.4 Å². The van der Waals surface area contributed by atoms with Crippen LogP contribution in [0.4, 0.5) is 0 Å². The molecule has 1 fully saturated rings. The van der Waals surface area contributed by atoms with E-state index in [1.807, 2.05) is 26.0 Å². The molecule has 1 heterocycles. The van der Waals surface area contributed by atoms with Gasteiger partial charge in [0.15, 0.2) is 5.78 Å². The minimum atomic E-state index is 0.231. The van der Waals surface area contributed by atoms with Gasteiger partial charge in [-0.15, -0.1) is 0 Å². The molecular weight excluding hydrogens is 286 g/mol. The highest BCUT2D eigenvalue weighted by atomic mass is 16.5. The molecule has 3 nitrogen and oxygen atoms in total. The molecule has 1 aliphatic heterocycles. The number of hydrogen-bond acceptors (Lipinski definition) is 3. The number of Topliss-reactive ketones (excluding diaryl/α,β-unsaturated/α-hetero) is 1. The lowest BCUT2D eigenvalue weighted by atomic mass is 9.91. The highest BCUT2D eigenvalue weighted by molar-refractivity contribution is 5.99. The second-order valence-electron chi connectivity index (χ2n) is 7.34. The predicted molar refractivity (Wildman–Crippen MR) is 95.4 cm³/mol. The van der Waals surface area contributed by atoms with Gasteiger partial charge in [-0.25, -0.2) is 0 Å². The molecular formula is C20H31NO2. The Morgan fingerprint density at radius 3 is 2.43 bits per heavy atom. The van der Waals surface area contributed by atoms with E-state index in [-0.39, 0.29) is 5.78 Å². The molecule has 0 amide bonds. The molecule has 128 valence electrons. The summed E-state index contributed by atoms with van der Waals surface area (Å²) in [7, 11) is 0. The van der Waals surface area contributed by atoms with Crippen molar-refractivity contribution in [3.05, 3.63) is 28.8 Å². The van der Waals surface area contributed by atoms with E-state index in [1.165, 1.54) is 6.42 Å². The Hall–Kier alpha value is -1.35. The first-order chi connectivity index (χ1) is 10.9. The average Bonchev–Trinajstić information content (AvgIpc) is 2.46. The molecule has 0 spiro atoms. The number of likely N-dealkylation sites (tertiary alicyclic amines) is 1. The van der Waals surface area contributed by atoms with Gasteiger partial charge in [-0.2, -0.15) is 0 Å². The molecule has 0 bridgehead atoms. The maximum absolute atomic E-state index is 12.7. The van der Waals surface area contributed by atoms with E-state index < -0.39 is 0 Å². The highest BCUT2D eigenvalue weighted by Gasteiger charge is 2.24. The van der Waals surface area contributed by atoms with Crippen LogP contribution in [0.3, 0.4) is 0 Å². The molecule has 2 rings (SSSR count). The van der Waals surface area contributed by atoms with Crippen molar-refractivity contribution < 1.29 is 9.53 Å². The quantitative estimate of drug-likeness (QED) is 0.735. The van der Waals surface area contributed by atoms with Crippen molar-refractivity contribution in [2.24, 2.45) is 11.8 Å². The monoisotopic (exact) mass is 317 g/mol. The second-order valence-corrected chi connectivity index (χ2v) is 7.34. The van der Waals surface area contributed by atoms with Crippen molar-refractivity contribution >= 4 is 5.78 Å². The molecule has 0 aromatic heterocycles. The van der Waals surface area contributed by atoms with E-state index in [4.69, 9.17) is 4.74 Å². The Bertz CT molecular complexity index is 543. The minimum Gasteiger partial charge on any atom is -0.493 e. The van der Waals surface area contributed by atoms with Crippen LogP contribution < -0.4 is 4.74 Å². The normalized spacial score (nSPS) is 22.1. The number of aryl methyl sites for hydroxylation is 2. The molecule has 1 aromatic rings. The lowest BCUT2D eigenvalue weighted by Crippen LogP contribution is -2.41. The summed E-state index contributed by atoms with van der Waals surface area (Å²) in [6, 6.07) is 4.01. The molecule has 1 saturated heterocycles. The number of rotatable bonds is 6. The van der Waals surface area contributed by atoms with E-state index in [9.17, 15) is 4.79 Å². The molecule has 1 aromatic carbocycles. The van der Waals surface area contributed by atoms with Crippen molar-refractivity contribution in [1.29, 1.82) is 0 Å². The van der Waals surface area contributed by atoms with Crippen molar-refractivity contribution in [1.82, 2.24) is 4.90 Å². The Kier molecular flexibility index (Phi) is 6.23. The fourth-order valence-corrected chi connectivity index (χ4v) is 3.67. The Balaban J connectivity index is 2.08. The van der Waals surface area contributed by atoms with Crippen LogP contribution in [0.2, 0.25) is 0 Å². The van der Waals surface area contributed by atoms with Gasteiger partial charge in [0.2, 0.25) is 0 Å². The lowest BCUT2D eigenvalue weighted by molar-refractivity contribution is 0.0849. The zero-order chi connectivity index (χ0) is 17.0. The third-order valence-corrected chi connectivity index (χ3v) is 4.60. The number of benzene rings is 1. The summed E-state index contributed by atoms with van der Waals surface area (Å²) >= 11 is 0. The lowest BCUT2D eigenvalue weighted by Gasteiger charge is -2.34. The molecule has 0 radical (unpaired) electrons. The Labute approximate surface area is 141 Å². The van der Waals surface area contributed by atoms with Gasteiger partial charge in [-0.05, 0) is 61.8 Å². The maximum atomic E-state index is 12.7. The summed E-state index contributed by atoms with van der Waals surface area (Å²) in [6.07, 6.45) is 2.26. The van der Waals surface area contributed by atoms with Gasteiger partial charge in [-0.1, -0.05) is 20.8 Å². The molecule has 2 unspecified atom stereocenters. The zero-order valence-corrected chi connectivity index (χ0v) is 15.3. The first kappa shape index (κ1) is 18.0. The van der Waals surface area contributed by atoms with Crippen molar-refractivity contribution in [2.45, 2.75) is 47.5 Å². The van der Waals surface area contributed by atoms with Crippen LogP contribution in [0.15, 0.2) is 12.1 Å².